The van der Waals surface area contributed by atoms with Crippen molar-refractivity contribution in [2.24, 2.45) is 0 Å². The molecule has 14 heteroatoms. The number of ether oxygens (including phenoxy) is 4. The smallest absolute Gasteiger partial charge is 0.220 e. The largest absolute Gasteiger partial charge is 0.394 e. The minimum absolute atomic E-state index is 0.217. The first kappa shape index (κ1) is 56.6. The molecular weight excluding hydrogens is 799 g/mol. The minimum atomic E-state index is -1.78. The zero-order valence-electron chi connectivity index (χ0n) is 38.4. The highest BCUT2D eigenvalue weighted by Gasteiger charge is 2.51. The van der Waals surface area contributed by atoms with E-state index in [2.05, 4.69) is 43.5 Å². The zero-order chi connectivity index (χ0) is 45.4. The van der Waals surface area contributed by atoms with Gasteiger partial charge in [0.25, 0.3) is 0 Å². The average molecular weight is 888 g/mol. The van der Waals surface area contributed by atoms with Gasteiger partial charge >= 0.3 is 0 Å². The summed E-state index contributed by atoms with van der Waals surface area (Å²) in [6.45, 7) is 2.79. The van der Waals surface area contributed by atoms with Gasteiger partial charge in [-0.3, -0.25) is 4.79 Å². The maximum absolute atomic E-state index is 13.2. The van der Waals surface area contributed by atoms with Crippen LogP contribution in [0, 0.1) is 0 Å². The molecule has 9 N–H and O–H groups in total. The Morgan fingerprint density at radius 3 is 1.65 bits per heavy atom. The summed E-state index contributed by atoms with van der Waals surface area (Å²) >= 11 is 0. The quantitative estimate of drug-likeness (QED) is 0.0267. The van der Waals surface area contributed by atoms with Gasteiger partial charge in [-0.2, -0.15) is 0 Å². The number of hydrogen-bond acceptors (Lipinski definition) is 13. The molecule has 0 aromatic rings. The second kappa shape index (κ2) is 35.7. The molecule has 0 radical (unpaired) electrons. The number of unbranched alkanes of at least 4 members (excludes halogenated alkanes) is 20. The topological polar surface area (TPSA) is 228 Å². The van der Waals surface area contributed by atoms with E-state index < -0.39 is 86.8 Å². The summed E-state index contributed by atoms with van der Waals surface area (Å²) in [5.74, 6) is -0.217. The predicted molar refractivity (Wildman–Crippen MR) is 240 cm³/mol. The van der Waals surface area contributed by atoms with E-state index in [0.717, 1.165) is 57.8 Å². The number of aliphatic hydroxyl groups excluding tert-OH is 8. The third-order valence-electron chi connectivity index (χ3n) is 12.2. The van der Waals surface area contributed by atoms with Crippen LogP contribution in [-0.4, -0.2) is 140 Å². The van der Waals surface area contributed by atoms with E-state index in [4.69, 9.17) is 18.9 Å². The SMILES string of the molecule is CCCCC/C=C\C/C=C\CCCCCCCCCC(=O)NC(COC1OC(CO)C(OC2OC(CO)C(O)C(O)C2O)C(O)C1O)C(O)CCCCCCCCCCCCC. The van der Waals surface area contributed by atoms with Gasteiger partial charge < -0.3 is 65.1 Å². The molecule has 2 heterocycles. The van der Waals surface area contributed by atoms with Gasteiger partial charge in [0.1, 0.15) is 48.8 Å². The number of carbonyl (C=O) groups excluding carboxylic acids is 1. The van der Waals surface area contributed by atoms with Gasteiger partial charge in [0.15, 0.2) is 12.6 Å². The predicted octanol–water partition coefficient (Wildman–Crippen LogP) is 5.77. The third kappa shape index (κ3) is 23.1. The second-order valence-corrected chi connectivity index (χ2v) is 17.6. The Kier molecular flexibility index (Phi) is 32.6. The van der Waals surface area contributed by atoms with Crippen LogP contribution in [-0.2, 0) is 23.7 Å². The van der Waals surface area contributed by atoms with Crippen molar-refractivity contribution in [1.82, 2.24) is 5.32 Å². The van der Waals surface area contributed by atoms with Crippen LogP contribution in [0.5, 0.6) is 0 Å². The van der Waals surface area contributed by atoms with Crippen molar-refractivity contribution in [2.75, 3.05) is 19.8 Å². The third-order valence-corrected chi connectivity index (χ3v) is 12.2. The van der Waals surface area contributed by atoms with Gasteiger partial charge in [-0.15, -0.1) is 0 Å². The maximum atomic E-state index is 13.2. The molecule has 12 unspecified atom stereocenters. The molecule has 364 valence electrons. The van der Waals surface area contributed by atoms with E-state index in [1.807, 2.05) is 0 Å². The number of rotatable bonds is 37. The van der Waals surface area contributed by atoms with E-state index in [1.165, 1.54) is 89.9 Å². The molecule has 62 heavy (non-hydrogen) atoms. The second-order valence-electron chi connectivity index (χ2n) is 17.6. The Morgan fingerprint density at radius 2 is 1.06 bits per heavy atom. The first-order valence-electron chi connectivity index (χ1n) is 24.6. The van der Waals surface area contributed by atoms with Gasteiger partial charge in [0.2, 0.25) is 5.91 Å². The molecule has 0 aliphatic carbocycles. The fraction of sp³-hybridized carbons (Fsp3) is 0.896. The molecule has 0 aromatic carbocycles. The molecule has 14 nitrogen and oxygen atoms in total. The molecule has 2 aliphatic rings. The van der Waals surface area contributed by atoms with Crippen molar-refractivity contribution in [2.45, 2.75) is 254 Å². The Hall–Kier alpha value is -1.53. The van der Waals surface area contributed by atoms with Crippen molar-refractivity contribution < 1.29 is 64.6 Å². The van der Waals surface area contributed by atoms with Crippen LogP contribution in [0.15, 0.2) is 24.3 Å². The van der Waals surface area contributed by atoms with Crippen LogP contribution >= 0.6 is 0 Å². The number of amides is 1. The summed E-state index contributed by atoms with van der Waals surface area (Å²) in [6.07, 6.45) is 20.4. The molecule has 12 atom stereocenters. The highest BCUT2D eigenvalue weighted by molar-refractivity contribution is 5.76. The standard InChI is InChI=1S/C48H89NO13/c1-3-5-7-9-11-13-15-16-17-18-19-20-22-24-26-28-30-32-40(53)49-36(37(52)31-29-27-25-23-21-14-12-10-8-6-4-2)35-59-47-45(58)43(56)46(39(34-51)61-47)62-48-44(57)42(55)41(54)38(33-50)60-48/h11,13,16-17,36-39,41-48,50-52,54-58H,3-10,12,14-15,18-35H2,1-2H3,(H,49,53)/b13-11-,17-16-. The maximum Gasteiger partial charge on any atom is 0.220 e. The molecule has 1 amide bonds. The van der Waals surface area contributed by atoms with Gasteiger partial charge in [-0.25, -0.2) is 0 Å². The highest BCUT2D eigenvalue weighted by atomic mass is 16.7. The normalized spacial score (nSPS) is 27.9. The lowest BCUT2D eigenvalue weighted by atomic mass is 9.97. The van der Waals surface area contributed by atoms with Crippen molar-refractivity contribution in [3.8, 4) is 0 Å². The molecule has 0 bridgehead atoms. The van der Waals surface area contributed by atoms with Gasteiger partial charge in [-0.1, -0.05) is 154 Å². The van der Waals surface area contributed by atoms with Crippen LogP contribution < -0.4 is 5.32 Å². The summed E-state index contributed by atoms with van der Waals surface area (Å²) in [4.78, 5) is 13.2. The lowest BCUT2D eigenvalue weighted by Gasteiger charge is -2.46. The molecular formula is C48H89NO13. The monoisotopic (exact) mass is 888 g/mol. The lowest BCUT2D eigenvalue weighted by Crippen LogP contribution is -2.65. The molecule has 0 aromatic heterocycles. The van der Waals surface area contributed by atoms with Crippen molar-refractivity contribution in [3.63, 3.8) is 0 Å². The molecule has 2 saturated heterocycles. The summed E-state index contributed by atoms with van der Waals surface area (Å²) in [5.41, 5.74) is 0. The van der Waals surface area contributed by atoms with Crippen molar-refractivity contribution >= 4 is 5.91 Å². The van der Waals surface area contributed by atoms with Gasteiger partial charge in [-0.05, 0) is 44.9 Å². The number of aliphatic hydroxyl groups is 8. The van der Waals surface area contributed by atoms with E-state index in [9.17, 15) is 45.6 Å². The molecule has 2 aliphatic heterocycles. The van der Waals surface area contributed by atoms with E-state index in [0.29, 0.717) is 19.3 Å². The van der Waals surface area contributed by atoms with Crippen molar-refractivity contribution in [1.29, 1.82) is 0 Å². The Bertz CT molecular complexity index is 1140. The number of hydrogen-bond donors (Lipinski definition) is 9. The Morgan fingerprint density at radius 1 is 0.581 bits per heavy atom. The van der Waals surface area contributed by atoms with Crippen LogP contribution in [0.4, 0.5) is 0 Å². The summed E-state index contributed by atoms with van der Waals surface area (Å²) < 4.78 is 22.7. The lowest BCUT2D eigenvalue weighted by molar-refractivity contribution is -0.359. The Labute approximate surface area is 373 Å². The molecule has 0 saturated carbocycles. The van der Waals surface area contributed by atoms with E-state index >= 15 is 0 Å². The fourth-order valence-corrected chi connectivity index (χ4v) is 8.09. The summed E-state index contributed by atoms with van der Waals surface area (Å²) in [5, 5.41) is 86.7. The minimum Gasteiger partial charge on any atom is -0.394 e. The number of allylic oxidation sites excluding steroid dienone is 4. The molecule has 0 spiro atoms. The highest BCUT2D eigenvalue weighted by Crippen LogP contribution is 2.30. The number of nitrogens with one attached hydrogen (secondary N) is 1. The number of carbonyl (C=O) groups is 1. The first-order valence-corrected chi connectivity index (χ1v) is 24.6. The van der Waals surface area contributed by atoms with Gasteiger partial charge in [0.05, 0.1) is 32.0 Å². The summed E-state index contributed by atoms with van der Waals surface area (Å²) in [7, 11) is 0. The van der Waals surface area contributed by atoms with Crippen LogP contribution in [0.1, 0.15) is 181 Å². The molecule has 2 fully saturated rings. The average Bonchev–Trinajstić information content (AvgIpc) is 3.27. The van der Waals surface area contributed by atoms with Crippen LogP contribution in [0.2, 0.25) is 0 Å². The Balaban J connectivity index is 1.84. The van der Waals surface area contributed by atoms with Crippen LogP contribution in [0.25, 0.3) is 0 Å². The van der Waals surface area contributed by atoms with Crippen molar-refractivity contribution in [3.05, 3.63) is 24.3 Å². The zero-order valence-corrected chi connectivity index (χ0v) is 38.4. The summed E-state index contributed by atoms with van der Waals surface area (Å²) in [6, 6.07) is -0.829. The molecule has 2 rings (SSSR count). The van der Waals surface area contributed by atoms with Gasteiger partial charge in [0, 0.05) is 6.42 Å². The fourth-order valence-electron chi connectivity index (χ4n) is 8.09. The van der Waals surface area contributed by atoms with Crippen LogP contribution in [0.3, 0.4) is 0 Å². The van der Waals surface area contributed by atoms with E-state index in [-0.39, 0.29) is 12.5 Å². The van der Waals surface area contributed by atoms with E-state index in [1.54, 1.807) is 0 Å². The first-order chi connectivity index (χ1) is 30.1.